The van der Waals surface area contributed by atoms with E-state index in [1.165, 1.54) is 5.56 Å². The number of benzene rings is 2. The van der Waals surface area contributed by atoms with E-state index >= 15 is 0 Å². The van der Waals surface area contributed by atoms with Crippen molar-refractivity contribution < 1.29 is 9.47 Å². The fourth-order valence-electron chi connectivity index (χ4n) is 2.05. The molecule has 0 unspecified atom stereocenters. The van der Waals surface area contributed by atoms with Gasteiger partial charge in [0.2, 0.25) is 0 Å². The molecule has 0 saturated carbocycles. The van der Waals surface area contributed by atoms with Gasteiger partial charge in [-0.3, -0.25) is 0 Å². The largest absolute Gasteiger partial charge is 0.490 e. The van der Waals surface area contributed by atoms with E-state index in [4.69, 9.17) is 9.47 Å². The molecule has 0 bridgehead atoms. The van der Waals surface area contributed by atoms with E-state index in [0.29, 0.717) is 6.61 Å². The van der Waals surface area contributed by atoms with Crippen molar-refractivity contribution in [3.8, 4) is 17.2 Å². The molecular weight excluding hydrogens is 262 g/mol. The van der Waals surface area contributed by atoms with E-state index in [0.717, 1.165) is 35.8 Å². The van der Waals surface area contributed by atoms with Crippen molar-refractivity contribution in [2.24, 2.45) is 0 Å². The van der Waals surface area contributed by atoms with Crippen molar-refractivity contribution in [1.82, 2.24) is 5.32 Å². The van der Waals surface area contributed by atoms with Gasteiger partial charge < -0.3 is 14.8 Å². The lowest BCUT2D eigenvalue weighted by Gasteiger charge is -2.14. The fourth-order valence-corrected chi connectivity index (χ4v) is 2.05. The third-order valence-electron chi connectivity index (χ3n) is 3.16. The van der Waals surface area contributed by atoms with Gasteiger partial charge in [-0.2, -0.15) is 0 Å². The van der Waals surface area contributed by atoms with Crippen LogP contribution in [0.4, 0.5) is 0 Å². The second-order valence-corrected chi connectivity index (χ2v) is 5.03. The number of hydrogen-bond donors (Lipinski definition) is 1. The molecule has 0 saturated heterocycles. The van der Waals surface area contributed by atoms with E-state index in [2.05, 4.69) is 30.4 Å². The van der Waals surface area contributed by atoms with Crippen LogP contribution < -0.4 is 14.8 Å². The smallest absolute Gasteiger partial charge is 0.169 e. The van der Waals surface area contributed by atoms with E-state index in [9.17, 15) is 0 Å². The van der Waals surface area contributed by atoms with Gasteiger partial charge in [-0.15, -0.1) is 0 Å². The number of nitrogens with one attached hydrogen (secondary N) is 1. The predicted octanol–water partition coefficient (Wildman–Crippen LogP) is 4.30. The van der Waals surface area contributed by atoms with Crippen LogP contribution in [0.15, 0.2) is 42.5 Å². The maximum Gasteiger partial charge on any atom is 0.169 e. The molecule has 0 fully saturated rings. The van der Waals surface area contributed by atoms with Crippen LogP contribution in [-0.2, 0) is 6.54 Å². The summed E-state index contributed by atoms with van der Waals surface area (Å²) in [7, 11) is 1.94. The van der Waals surface area contributed by atoms with E-state index in [1.807, 2.05) is 38.2 Å². The zero-order valence-electron chi connectivity index (χ0n) is 13.0. The van der Waals surface area contributed by atoms with Crippen LogP contribution in [0.1, 0.15) is 24.5 Å². The molecule has 21 heavy (non-hydrogen) atoms. The first-order valence-corrected chi connectivity index (χ1v) is 7.38. The molecule has 0 aliphatic carbocycles. The number of rotatable bonds is 7. The van der Waals surface area contributed by atoms with Gasteiger partial charge in [0.15, 0.2) is 11.5 Å². The Labute approximate surface area is 126 Å². The summed E-state index contributed by atoms with van der Waals surface area (Å²) in [6, 6.07) is 14.1. The normalized spacial score (nSPS) is 10.4. The molecule has 2 rings (SSSR count). The summed E-state index contributed by atoms with van der Waals surface area (Å²) in [5, 5.41) is 3.15. The first kappa shape index (κ1) is 15.4. The quantitative estimate of drug-likeness (QED) is 0.823. The Kier molecular flexibility index (Phi) is 5.64. The lowest BCUT2D eigenvalue weighted by atomic mass is 10.1. The van der Waals surface area contributed by atoms with E-state index < -0.39 is 0 Å². The van der Waals surface area contributed by atoms with Crippen LogP contribution in [0.2, 0.25) is 0 Å². The predicted molar refractivity (Wildman–Crippen MR) is 86.2 cm³/mol. The molecule has 3 nitrogen and oxygen atoms in total. The minimum Gasteiger partial charge on any atom is -0.490 e. The maximum atomic E-state index is 6.07. The van der Waals surface area contributed by atoms with Crippen molar-refractivity contribution >= 4 is 0 Å². The van der Waals surface area contributed by atoms with Gasteiger partial charge in [-0.25, -0.2) is 0 Å². The Bertz CT molecular complexity index is 581. The molecule has 0 aromatic heterocycles. The van der Waals surface area contributed by atoms with Crippen molar-refractivity contribution in [3.05, 3.63) is 53.6 Å². The molecule has 0 atom stereocenters. The van der Waals surface area contributed by atoms with Crippen LogP contribution in [0.3, 0.4) is 0 Å². The van der Waals surface area contributed by atoms with Gasteiger partial charge in [-0.1, -0.05) is 31.2 Å². The zero-order valence-corrected chi connectivity index (χ0v) is 13.0. The van der Waals surface area contributed by atoms with Crippen molar-refractivity contribution in [2.75, 3.05) is 13.7 Å². The first-order chi connectivity index (χ1) is 10.2. The van der Waals surface area contributed by atoms with Crippen LogP contribution >= 0.6 is 0 Å². The highest BCUT2D eigenvalue weighted by atomic mass is 16.5. The molecule has 0 aliphatic rings. The van der Waals surface area contributed by atoms with Gasteiger partial charge in [-0.05, 0) is 49.7 Å². The summed E-state index contributed by atoms with van der Waals surface area (Å²) in [5.74, 6) is 2.42. The van der Waals surface area contributed by atoms with Crippen LogP contribution in [0.5, 0.6) is 17.2 Å². The van der Waals surface area contributed by atoms with Gasteiger partial charge >= 0.3 is 0 Å². The van der Waals surface area contributed by atoms with Gasteiger partial charge in [0.1, 0.15) is 5.75 Å². The zero-order chi connectivity index (χ0) is 15.1. The molecule has 3 heteroatoms. The first-order valence-electron chi connectivity index (χ1n) is 7.38. The molecule has 112 valence electrons. The molecule has 0 amide bonds. The Morgan fingerprint density at radius 2 is 1.76 bits per heavy atom. The van der Waals surface area contributed by atoms with E-state index in [-0.39, 0.29) is 0 Å². The maximum absolute atomic E-state index is 6.07. The highest BCUT2D eigenvalue weighted by Gasteiger charge is 2.08. The topological polar surface area (TPSA) is 30.5 Å². The monoisotopic (exact) mass is 285 g/mol. The minimum atomic E-state index is 0.694. The average Bonchev–Trinajstić information content (AvgIpc) is 2.50. The standard InChI is InChI=1S/C18H23NO2/c1-4-11-20-16-7-5-6-8-17(16)21-18-12-15(13-19-3)10-9-14(18)2/h5-10,12,19H,4,11,13H2,1-3H3. The van der Waals surface area contributed by atoms with E-state index in [1.54, 1.807) is 0 Å². The summed E-state index contributed by atoms with van der Waals surface area (Å²) in [6.45, 7) is 5.66. The lowest BCUT2D eigenvalue weighted by Crippen LogP contribution is -2.05. The highest BCUT2D eigenvalue weighted by molar-refractivity contribution is 5.45. The van der Waals surface area contributed by atoms with Crippen LogP contribution in [-0.4, -0.2) is 13.7 Å². The number of ether oxygens (including phenoxy) is 2. The Morgan fingerprint density at radius 3 is 2.48 bits per heavy atom. The van der Waals surface area contributed by atoms with Gasteiger partial charge in [0, 0.05) is 6.54 Å². The van der Waals surface area contributed by atoms with Crippen molar-refractivity contribution in [1.29, 1.82) is 0 Å². The van der Waals surface area contributed by atoms with Crippen LogP contribution in [0, 0.1) is 6.92 Å². The van der Waals surface area contributed by atoms with Crippen LogP contribution in [0.25, 0.3) is 0 Å². The number of aryl methyl sites for hydroxylation is 1. The highest BCUT2D eigenvalue weighted by Crippen LogP contribution is 2.33. The Morgan fingerprint density at radius 1 is 1.00 bits per heavy atom. The van der Waals surface area contributed by atoms with Crippen molar-refractivity contribution in [3.63, 3.8) is 0 Å². The molecule has 0 spiro atoms. The lowest BCUT2D eigenvalue weighted by molar-refractivity contribution is 0.302. The molecular formula is C18H23NO2. The molecule has 1 N–H and O–H groups in total. The molecule has 2 aromatic rings. The summed E-state index contributed by atoms with van der Waals surface area (Å²) in [4.78, 5) is 0. The summed E-state index contributed by atoms with van der Waals surface area (Å²) < 4.78 is 11.8. The third-order valence-corrected chi connectivity index (χ3v) is 3.16. The summed E-state index contributed by atoms with van der Waals surface area (Å²) >= 11 is 0. The summed E-state index contributed by atoms with van der Waals surface area (Å²) in [6.07, 6.45) is 0.977. The van der Waals surface area contributed by atoms with Gasteiger partial charge in [0.05, 0.1) is 6.61 Å². The molecule has 0 heterocycles. The SMILES string of the molecule is CCCOc1ccccc1Oc1cc(CNC)ccc1C. The number of para-hydroxylation sites is 2. The third kappa shape index (κ3) is 4.23. The second-order valence-electron chi connectivity index (χ2n) is 5.03. The Balaban J connectivity index is 2.23. The molecule has 0 radical (unpaired) electrons. The minimum absolute atomic E-state index is 0.694. The summed E-state index contributed by atoms with van der Waals surface area (Å²) in [5.41, 5.74) is 2.31. The second kappa shape index (κ2) is 7.70. The number of hydrogen-bond acceptors (Lipinski definition) is 3. The fraction of sp³-hybridized carbons (Fsp3) is 0.333. The van der Waals surface area contributed by atoms with Gasteiger partial charge in [0.25, 0.3) is 0 Å². The van der Waals surface area contributed by atoms with Crippen molar-refractivity contribution in [2.45, 2.75) is 26.8 Å². The Hall–Kier alpha value is -2.00. The average molecular weight is 285 g/mol. The molecule has 0 aliphatic heterocycles. The molecule has 2 aromatic carbocycles.